The van der Waals surface area contributed by atoms with Crippen LogP contribution in [0.1, 0.15) is 37.5 Å². The molecule has 0 aliphatic heterocycles. The Morgan fingerprint density at radius 1 is 1.22 bits per heavy atom. The Labute approximate surface area is 107 Å². The van der Waals surface area contributed by atoms with E-state index in [1.165, 1.54) is 6.07 Å². The largest absolute Gasteiger partial charge is 0.388 e. The van der Waals surface area contributed by atoms with Gasteiger partial charge in [-0.05, 0) is 37.4 Å². The molecule has 102 valence electrons. The molecule has 0 saturated heterocycles. The lowest BCUT2D eigenvalue weighted by Crippen LogP contribution is -2.24. The summed E-state index contributed by atoms with van der Waals surface area (Å²) < 4.78 is 26.8. The molecule has 0 saturated carbocycles. The number of rotatable bonds is 5. The van der Waals surface area contributed by atoms with Crippen molar-refractivity contribution in [2.45, 2.75) is 33.3 Å². The van der Waals surface area contributed by atoms with Crippen molar-refractivity contribution in [3.05, 3.63) is 34.9 Å². The molecule has 0 radical (unpaired) electrons. The zero-order valence-electron chi connectivity index (χ0n) is 11.1. The van der Waals surface area contributed by atoms with Crippen molar-refractivity contribution in [2.75, 3.05) is 6.54 Å². The zero-order valence-corrected chi connectivity index (χ0v) is 11.1. The predicted molar refractivity (Wildman–Crippen MR) is 68.1 cm³/mol. The monoisotopic (exact) mass is 257 g/mol. The maximum absolute atomic E-state index is 13.7. The number of hydrogen-bond acceptors (Lipinski definition) is 2. The van der Waals surface area contributed by atoms with Gasteiger partial charge in [0.05, 0.1) is 6.10 Å². The maximum atomic E-state index is 13.7. The van der Waals surface area contributed by atoms with E-state index in [9.17, 15) is 13.9 Å². The second-order valence-corrected chi connectivity index (χ2v) is 5.19. The molecule has 18 heavy (non-hydrogen) atoms. The SMILES string of the molecule is Cc1cc(C(O)C(CN)CC(C)C)c(F)cc1F. The number of nitrogens with two attached hydrogens (primary N) is 1. The van der Waals surface area contributed by atoms with E-state index >= 15 is 0 Å². The molecule has 1 rings (SSSR count). The lowest BCUT2D eigenvalue weighted by Gasteiger charge is -2.24. The third kappa shape index (κ3) is 3.50. The fourth-order valence-electron chi connectivity index (χ4n) is 2.12. The topological polar surface area (TPSA) is 46.2 Å². The van der Waals surface area contributed by atoms with Crippen LogP contribution >= 0.6 is 0 Å². The standard InChI is InChI=1S/C14H21F2NO/c1-8(2)4-10(7-17)14(18)11-5-9(3)12(15)6-13(11)16/h5-6,8,10,14,18H,4,7,17H2,1-3H3. The first kappa shape index (κ1) is 15.1. The number of aliphatic hydroxyl groups excluding tert-OH is 1. The third-order valence-corrected chi connectivity index (χ3v) is 3.12. The van der Waals surface area contributed by atoms with Crippen LogP contribution in [-0.2, 0) is 0 Å². The smallest absolute Gasteiger partial charge is 0.131 e. The van der Waals surface area contributed by atoms with Gasteiger partial charge in [0.1, 0.15) is 11.6 Å². The molecule has 0 amide bonds. The molecule has 0 aromatic heterocycles. The Bertz CT molecular complexity index is 407. The van der Waals surface area contributed by atoms with Crippen LogP contribution in [0.4, 0.5) is 8.78 Å². The molecular formula is C14H21F2NO. The van der Waals surface area contributed by atoms with E-state index in [4.69, 9.17) is 5.73 Å². The van der Waals surface area contributed by atoms with Crippen LogP contribution in [0.2, 0.25) is 0 Å². The summed E-state index contributed by atoms with van der Waals surface area (Å²) >= 11 is 0. The van der Waals surface area contributed by atoms with Crippen molar-refractivity contribution in [1.29, 1.82) is 0 Å². The minimum absolute atomic E-state index is 0.130. The zero-order chi connectivity index (χ0) is 13.9. The van der Waals surface area contributed by atoms with Gasteiger partial charge in [0.2, 0.25) is 0 Å². The molecule has 3 N–H and O–H groups in total. The van der Waals surface area contributed by atoms with Gasteiger partial charge in [0.15, 0.2) is 0 Å². The number of halogens is 2. The summed E-state index contributed by atoms with van der Waals surface area (Å²) in [6, 6.07) is 2.18. The van der Waals surface area contributed by atoms with Gasteiger partial charge in [-0.2, -0.15) is 0 Å². The number of hydrogen-bond donors (Lipinski definition) is 2. The molecule has 2 unspecified atom stereocenters. The first-order valence-corrected chi connectivity index (χ1v) is 6.20. The van der Waals surface area contributed by atoms with Crippen molar-refractivity contribution in [1.82, 2.24) is 0 Å². The van der Waals surface area contributed by atoms with Gasteiger partial charge in [-0.25, -0.2) is 8.78 Å². The molecule has 0 aliphatic carbocycles. The number of benzene rings is 1. The number of aliphatic hydroxyl groups is 1. The average Bonchev–Trinajstić information content (AvgIpc) is 2.29. The highest BCUT2D eigenvalue weighted by atomic mass is 19.1. The summed E-state index contributed by atoms with van der Waals surface area (Å²) in [5, 5.41) is 10.2. The van der Waals surface area contributed by atoms with E-state index in [1.807, 2.05) is 13.8 Å². The third-order valence-electron chi connectivity index (χ3n) is 3.12. The minimum Gasteiger partial charge on any atom is -0.388 e. The van der Waals surface area contributed by atoms with Gasteiger partial charge >= 0.3 is 0 Å². The van der Waals surface area contributed by atoms with Crippen molar-refractivity contribution in [2.24, 2.45) is 17.6 Å². The van der Waals surface area contributed by atoms with Gasteiger partial charge in [0, 0.05) is 17.5 Å². The summed E-state index contributed by atoms with van der Waals surface area (Å²) in [7, 11) is 0. The van der Waals surface area contributed by atoms with Crippen LogP contribution in [0.15, 0.2) is 12.1 Å². The van der Waals surface area contributed by atoms with E-state index in [-0.39, 0.29) is 18.0 Å². The van der Waals surface area contributed by atoms with Gasteiger partial charge in [-0.15, -0.1) is 0 Å². The van der Waals surface area contributed by atoms with Crippen molar-refractivity contribution in [3.8, 4) is 0 Å². The lowest BCUT2D eigenvalue weighted by molar-refractivity contribution is 0.0958. The Morgan fingerprint density at radius 2 is 1.83 bits per heavy atom. The minimum atomic E-state index is -0.989. The van der Waals surface area contributed by atoms with Gasteiger partial charge < -0.3 is 10.8 Å². The molecule has 0 heterocycles. The summed E-state index contributed by atoms with van der Waals surface area (Å²) in [5.74, 6) is -1.17. The first-order chi connectivity index (χ1) is 8.36. The molecule has 0 fully saturated rings. The molecule has 1 aromatic rings. The number of aryl methyl sites for hydroxylation is 1. The molecular weight excluding hydrogens is 236 g/mol. The van der Waals surface area contributed by atoms with Gasteiger partial charge in [0.25, 0.3) is 0 Å². The molecule has 2 nitrogen and oxygen atoms in total. The highest BCUT2D eigenvalue weighted by Gasteiger charge is 2.24. The van der Waals surface area contributed by atoms with Crippen LogP contribution < -0.4 is 5.73 Å². The van der Waals surface area contributed by atoms with Crippen LogP contribution in [0.5, 0.6) is 0 Å². The molecule has 0 aliphatic rings. The summed E-state index contributed by atoms with van der Waals surface area (Å²) in [6.45, 7) is 5.85. The molecule has 0 spiro atoms. The molecule has 4 heteroatoms. The van der Waals surface area contributed by atoms with E-state index in [2.05, 4.69) is 0 Å². The Kier molecular flexibility index (Phi) is 5.23. The van der Waals surface area contributed by atoms with E-state index < -0.39 is 17.7 Å². The van der Waals surface area contributed by atoms with Crippen molar-refractivity contribution < 1.29 is 13.9 Å². The Morgan fingerprint density at radius 3 is 2.33 bits per heavy atom. The fourth-order valence-corrected chi connectivity index (χ4v) is 2.12. The quantitative estimate of drug-likeness (QED) is 0.852. The van der Waals surface area contributed by atoms with Gasteiger partial charge in [-0.1, -0.05) is 13.8 Å². The Hall–Kier alpha value is -1.00. The first-order valence-electron chi connectivity index (χ1n) is 6.20. The second-order valence-electron chi connectivity index (χ2n) is 5.19. The van der Waals surface area contributed by atoms with Crippen molar-refractivity contribution >= 4 is 0 Å². The summed E-state index contributed by atoms with van der Waals surface area (Å²) in [6.07, 6.45) is -0.287. The maximum Gasteiger partial charge on any atom is 0.131 e. The van der Waals surface area contributed by atoms with E-state index in [0.29, 0.717) is 17.9 Å². The van der Waals surface area contributed by atoms with Crippen LogP contribution in [0.25, 0.3) is 0 Å². The fraction of sp³-hybridized carbons (Fsp3) is 0.571. The van der Waals surface area contributed by atoms with Crippen LogP contribution in [0.3, 0.4) is 0 Å². The Balaban J connectivity index is 3.01. The highest BCUT2D eigenvalue weighted by Crippen LogP contribution is 2.29. The lowest BCUT2D eigenvalue weighted by atomic mass is 9.88. The summed E-state index contributed by atoms with van der Waals surface area (Å²) in [4.78, 5) is 0. The van der Waals surface area contributed by atoms with E-state index in [1.54, 1.807) is 6.92 Å². The predicted octanol–water partition coefficient (Wildman–Crippen LogP) is 2.93. The molecule has 0 bridgehead atoms. The highest BCUT2D eigenvalue weighted by molar-refractivity contribution is 5.27. The van der Waals surface area contributed by atoms with Gasteiger partial charge in [-0.3, -0.25) is 0 Å². The van der Waals surface area contributed by atoms with Crippen molar-refractivity contribution in [3.63, 3.8) is 0 Å². The normalized spacial score (nSPS) is 14.9. The van der Waals surface area contributed by atoms with Crippen LogP contribution in [0, 0.1) is 30.4 Å². The van der Waals surface area contributed by atoms with E-state index in [0.717, 1.165) is 6.07 Å². The molecule has 1 aromatic carbocycles. The second kappa shape index (κ2) is 6.25. The summed E-state index contributed by atoms with van der Waals surface area (Å²) in [5.41, 5.74) is 6.08. The van der Waals surface area contributed by atoms with Crippen LogP contribution in [-0.4, -0.2) is 11.7 Å². The average molecular weight is 257 g/mol. The molecule has 2 atom stereocenters.